The van der Waals surface area contributed by atoms with Crippen LogP contribution < -0.4 is 9.46 Å². The van der Waals surface area contributed by atoms with Crippen LogP contribution >= 0.6 is 0 Å². The first-order chi connectivity index (χ1) is 9.76. The van der Waals surface area contributed by atoms with Crippen LogP contribution in [0.2, 0.25) is 0 Å². The number of methoxy groups -OCH3 is 1. The van der Waals surface area contributed by atoms with Crippen molar-refractivity contribution in [3.8, 4) is 5.75 Å². The molecule has 0 heterocycles. The minimum atomic E-state index is -3.84. The Bertz CT molecular complexity index is 557. The summed E-state index contributed by atoms with van der Waals surface area (Å²) in [6.45, 7) is 0.550. The van der Waals surface area contributed by atoms with Crippen LogP contribution in [0.1, 0.15) is 12.5 Å². The van der Waals surface area contributed by atoms with E-state index in [1.165, 1.54) is 21.1 Å². The van der Waals surface area contributed by atoms with Crippen LogP contribution in [0.3, 0.4) is 0 Å². The monoisotopic (exact) mass is 318 g/mol. The zero-order valence-electron chi connectivity index (χ0n) is 12.4. The lowest BCUT2D eigenvalue weighted by Crippen LogP contribution is -2.55. The average molecular weight is 318 g/mol. The summed E-state index contributed by atoms with van der Waals surface area (Å²) in [5.41, 5.74) is -0.543. The molecule has 120 valence electrons. The number of rotatable bonds is 8. The van der Waals surface area contributed by atoms with E-state index in [1.54, 1.807) is 24.3 Å². The van der Waals surface area contributed by atoms with E-state index in [-0.39, 0.29) is 6.54 Å². The van der Waals surface area contributed by atoms with Gasteiger partial charge in [-0.05, 0) is 24.6 Å². The number of aliphatic hydroxyl groups excluding tert-OH is 2. The summed E-state index contributed by atoms with van der Waals surface area (Å²) in [7, 11) is -0.887. The van der Waals surface area contributed by atoms with Crippen LogP contribution in [0, 0.1) is 0 Å². The summed E-state index contributed by atoms with van der Waals surface area (Å²) in [4.78, 5) is 0. The molecule has 0 saturated heterocycles. The molecule has 0 aliphatic heterocycles. The Balaban J connectivity index is 2.84. The second kappa shape index (κ2) is 7.19. The summed E-state index contributed by atoms with van der Waals surface area (Å²) in [5, 5.41) is 18.3. The van der Waals surface area contributed by atoms with Crippen LogP contribution in [-0.4, -0.2) is 55.8 Å². The third-order valence-electron chi connectivity index (χ3n) is 3.02. The largest absolute Gasteiger partial charge is 0.497 e. The SMILES string of the molecule is COc1cccc(CN(C)S(=O)(=O)NC(C)(CO)CO)c1. The third-order valence-corrected chi connectivity index (χ3v) is 4.72. The maximum atomic E-state index is 12.2. The molecular weight excluding hydrogens is 296 g/mol. The molecule has 0 aliphatic rings. The van der Waals surface area contributed by atoms with Gasteiger partial charge in [-0.1, -0.05) is 12.1 Å². The van der Waals surface area contributed by atoms with Crippen molar-refractivity contribution in [3.63, 3.8) is 0 Å². The first-order valence-corrected chi connectivity index (χ1v) is 7.80. The fourth-order valence-corrected chi connectivity index (χ4v) is 2.84. The van der Waals surface area contributed by atoms with Gasteiger partial charge >= 0.3 is 0 Å². The minimum Gasteiger partial charge on any atom is -0.497 e. The fourth-order valence-electron chi connectivity index (χ4n) is 1.62. The lowest BCUT2D eigenvalue weighted by molar-refractivity contribution is 0.120. The third kappa shape index (κ3) is 4.94. The first kappa shape index (κ1) is 17.9. The predicted molar refractivity (Wildman–Crippen MR) is 79.1 cm³/mol. The maximum absolute atomic E-state index is 12.2. The summed E-state index contributed by atoms with van der Waals surface area (Å²) in [6.07, 6.45) is 0. The van der Waals surface area contributed by atoms with Crippen LogP contribution in [0.4, 0.5) is 0 Å². The van der Waals surface area contributed by atoms with Crippen molar-refractivity contribution in [1.82, 2.24) is 9.03 Å². The van der Waals surface area contributed by atoms with Gasteiger partial charge in [0.25, 0.3) is 10.2 Å². The Morgan fingerprint density at radius 2 is 1.95 bits per heavy atom. The van der Waals surface area contributed by atoms with Gasteiger partial charge in [0.1, 0.15) is 5.75 Å². The van der Waals surface area contributed by atoms with Gasteiger partial charge in [-0.25, -0.2) is 0 Å². The molecule has 0 radical (unpaired) electrons. The van der Waals surface area contributed by atoms with Crippen molar-refractivity contribution >= 4 is 10.2 Å². The topological polar surface area (TPSA) is 99.1 Å². The van der Waals surface area contributed by atoms with E-state index < -0.39 is 29.0 Å². The van der Waals surface area contributed by atoms with Crippen LogP contribution in [0.25, 0.3) is 0 Å². The fraction of sp³-hybridized carbons (Fsp3) is 0.538. The van der Waals surface area contributed by atoms with Crippen molar-refractivity contribution in [2.24, 2.45) is 0 Å². The van der Waals surface area contributed by atoms with E-state index in [0.29, 0.717) is 5.75 Å². The summed E-state index contributed by atoms with van der Waals surface area (Å²) in [6, 6.07) is 7.06. The normalized spacial score (nSPS) is 12.7. The highest BCUT2D eigenvalue weighted by atomic mass is 32.2. The Labute approximate surface area is 125 Å². The second-order valence-corrected chi connectivity index (χ2v) is 6.87. The molecule has 0 bridgehead atoms. The van der Waals surface area contributed by atoms with E-state index >= 15 is 0 Å². The zero-order chi connectivity index (χ0) is 16.1. The molecule has 0 atom stereocenters. The lowest BCUT2D eigenvalue weighted by Gasteiger charge is -2.28. The highest BCUT2D eigenvalue weighted by Crippen LogP contribution is 2.15. The van der Waals surface area contributed by atoms with Crippen molar-refractivity contribution in [2.45, 2.75) is 19.0 Å². The van der Waals surface area contributed by atoms with Crippen molar-refractivity contribution in [2.75, 3.05) is 27.4 Å². The van der Waals surface area contributed by atoms with Crippen LogP contribution in [-0.2, 0) is 16.8 Å². The summed E-state index contributed by atoms with van der Waals surface area (Å²) in [5.74, 6) is 0.641. The first-order valence-electron chi connectivity index (χ1n) is 6.36. The minimum absolute atomic E-state index is 0.138. The van der Waals surface area contributed by atoms with Gasteiger partial charge in [0.15, 0.2) is 0 Å². The molecule has 0 unspecified atom stereocenters. The Kier molecular flexibility index (Phi) is 6.11. The smallest absolute Gasteiger partial charge is 0.280 e. The highest BCUT2D eigenvalue weighted by Gasteiger charge is 2.30. The second-order valence-electron chi connectivity index (χ2n) is 5.09. The molecule has 0 aromatic heterocycles. The quantitative estimate of drug-likeness (QED) is 0.611. The number of hydrogen-bond acceptors (Lipinski definition) is 5. The predicted octanol–water partition coefficient (Wildman–Crippen LogP) is -0.295. The molecule has 0 aliphatic carbocycles. The number of nitrogens with one attached hydrogen (secondary N) is 1. The van der Waals surface area contributed by atoms with E-state index in [4.69, 9.17) is 14.9 Å². The van der Waals surface area contributed by atoms with E-state index in [9.17, 15) is 8.42 Å². The van der Waals surface area contributed by atoms with Gasteiger partial charge < -0.3 is 14.9 Å². The number of aliphatic hydroxyl groups is 2. The molecule has 0 spiro atoms. The molecule has 1 aromatic carbocycles. The molecule has 0 saturated carbocycles. The number of hydrogen-bond donors (Lipinski definition) is 3. The highest BCUT2D eigenvalue weighted by molar-refractivity contribution is 7.87. The lowest BCUT2D eigenvalue weighted by atomic mass is 10.1. The summed E-state index contributed by atoms with van der Waals surface area (Å²) >= 11 is 0. The number of benzene rings is 1. The van der Waals surface area contributed by atoms with E-state index in [1.807, 2.05) is 0 Å². The molecular formula is C13H22N2O5S. The van der Waals surface area contributed by atoms with Crippen molar-refractivity contribution < 1.29 is 23.4 Å². The van der Waals surface area contributed by atoms with Crippen LogP contribution in [0.15, 0.2) is 24.3 Å². The molecule has 21 heavy (non-hydrogen) atoms. The molecule has 1 aromatic rings. The maximum Gasteiger partial charge on any atom is 0.280 e. The molecule has 0 amide bonds. The van der Waals surface area contributed by atoms with Gasteiger partial charge in [0.05, 0.1) is 25.9 Å². The van der Waals surface area contributed by atoms with Crippen molar-refractivity contribution in [3.05, 3.63) is 29.8 Å². The molecule has 3 N–H and O–H groups in total. The molecule has 8 heteroatoms. The Hall–Kier alpha value is -1.19. The van der Waals surface area contributed by atoms with Gasteiger partial charge in [0.2, 0.25) is 0 Å². The molecule has 1 rings (SSSR count). The van der Waals surface area contributed by atoms with Gasteiger partial charge in [-0.15, -0.1) is 0 Å². The number of ether oxygens (including phenoxy) is 1. The van der Waals surface area contributed by atoms with Gasteiger partial charge in [-0.3, -0.25) is 0 Å². The van der Waals surface area contributed by atoms with Gasteiger partial charge in [-0.2, -0.15) is 17.4 Å². The zero-order valence-corrected chi connectivity index (χ0v) is 13.2. The average Bonchev–Trinajstić information content (AvgIpc) is 2.46. The molecule has 0 fully saturated rings. The van der Waals surface area contributed by atoms with Gasteiger partial charge in [0, 0.05) is 13.6 Å². The number of nitrogens with zero attached hydrogens (tertiary/aromatic N) is 1. The summed E-state index contributed by atoms with van der Waals surface area (Å²) < 4.78 is 32.8. The van der Waals surface area contributed by atoms with Crippen molar-refractivity contribution in [1.29, 1.82) is 0 Å². The van der Waals surface area contributed by atoms with E-state index in [0.717, 1.165) is 9.87 Å². The Morgan fingerprint density at radius 3 is 2.48 bits per heavy atom. The van der Waals surface area contributed by atoms with Crippen LogP contribution in [0.5, 0.6) is 5.75 Å². The molecule has 7 nitrogen and oxygen atoms in total. The standard InChI is InChI=1S/C13H22N2O5S/c1-13(9-16,10-17)14-21(18,19)15(2)8-11-5-4-6-12(7-11)20-3/h4-7,14,16-17H,8-10H2,1-3H3. The Morgan fingerprint density at radius 1 is 1.33 bits per heavy atom. The van der Waals surface area contributed by atoms with E-state index in [2.05, 4.69) is 4.72 Å².